The molecule has 1 aromatic heterocycles. The van der Waals surface area contributed by atoms with Gasteiger partial charge in [0.25, 0.3) is 0 Å². The molecule has 0 radical (unpaired) electrons. The lowest BCUT2D eigenvalue weighted by atomic mass is 10.2. The predicted molar refractivity (Wildman–Crippen MR) is 65.1 cm³/mol. The number of methoxy groups -OCH3 is 1. The fourth-order valence-electron chi connectivity index (χ4n) is 2.40. The van der Waals surface area contributed by atoms with Gasteiger partial charge in [-0.1, -0.05) is 0 Å². The highest BCUT2D eigenvalue weighted by molar-refractivity contribution is 5.89. The summed E-state index contributed by atoms with van der Waals surface area (Å²) in [5.74, 6) is -0.526. The first kappa shape index (κ1) is 14.8. The number of hydrogen-bond donors (Lipinski definition) is 0. The molecule has 0 N–H and O–H groups in total. The van der Waals surface area contributed by atoms with Gasteiger partial charge in [-0.15, -0.1) is 0 Å². The molecule has 0 spiro atoms. The highest BCUT2D eigenvalue weighted by Crippen LogP contribution is 2.33. The third kappa shape index (κ3) is 3.27. The van der Waals surface area contributed by atoms with E-state index >= 15 is 0 Å². The number of carbonyl (C=O) groups excluding carboxylic acids is 1. The molecule has 1 saturated heterocycles. The molecule has 1 unspecified atom stereocenters. The molecule has 0 amide bonds. The van der Waals surface area contributed by atoms with Gasteiger partial charge in [-0.25, -0.2) is 4.79 Å². The van der Waals surface area contributed by atoms with Gasteiger partial charge in [-0.3, -0.25) is 9.88 Å². The van der Waals surface area contributed by atoms with E-state index in [2.05, 4.69) is 9.72 Å². The summed E-state index contributed by atoms with van der Waals surface area (Å²) < 4.78 is 43.1. The summed E-state index contributed by atoms with van der Waals surface area (Å²) in [5.41, 5.74) is 0.726. The van der Waals surface area contributed by atoms with Crippen LogP contribution in [0.3, 0.4) is 0 Å². The second-order valence-electron chi connectivity index (χ2n) is 4.70. The fourth-order valence-corrected chi connectivity index (χ4v) is 2.40. The van der Waals surface area contributed by atoms with E-state index in [1.807, 2.05) is 0 Å². The maximum atomic E-state index is 12.8. The third-order valence-corrected chi connectivity index (χ3v) is 3.34. The van der Waals surface area contributed by atoms with Gasteiger partial charge in [-0.2, -0.15) is 13.2 Å². The minimum absolute atomic E-state index is 0.0784. The summed E-state index contributed by atoms with van der Waals surface area (Å²) in [6.45, 7) is 0.462. The Hall–Kier alpha value is -1.63. The van der Waals surface area contributed by atoms with E-state index < -0.39 is 18.2 Å². The lowest BCUT2D eigenvalue weighted by Gasteiger charge is -2.26. The van der Waals surface area contributed by atoms with Crippen molar-refractivity contribution >= 4 is 5.97 Å². The van der Waals surface area contributed by atoms with E-state index in [1.54, 1.807) is 0 Å². The second kappa shape index (κ2) is 5.78. The molecule has 2 heterocycles. The third-order valence-electron chi connectivity index (χ3n) is 3.34. The van der Waals surface area contributed by atoms with Gasteiger partial charge in [0.2, 0.25) is 0 Å². The van der Waals surface area contributed by atoms with Crippen molar-refractivity contribution < 1.29 is 22.7 Å². The van der Waals surface area contributed by atoms with E-state index in [-0.39, 0.29) is 13.0 Å². The monoisotopic (exact) mass is 288 g/mol. The number of alkyl halides is 3. The normalized spacial score (nSPS) is 20.1. The summed E-state index contributed by atoms with van der Waals surface area (Å²) in [4.78, 5) is 16.8. The van der Waals surface area contributed by atoms with Crippen LogP contribution in [0.5, 0.6) is 0 Å². The average Bonchev–Trinajstić information content (AvgIpc) is 2.86. The fraction of sp³-hybridized carbons (Fsp3) is 0.538. The first-order chi connectivity index (χ1) is 9.41. The summed E-state index contributed by atoms with van der Waals surface area (Å²) in [6.07, 6.45) is -2.20. The first-order valence-corrected chi connectivity index (χ1v) is 6.26. The predicted octanol–water partition coefficient (Wildman–Crippen LogP) is 2.39. The number of hydrogen-bond acceptors (Lipinski definition) is 4. The SMILES string of the molecule is COC(=O)c1ccnc(CN2CCCC2C(F)(F)F)c1. The molecule has 0 aromatic carbocycles. The minimum atomic E-state index is -4.23. The summed E-state index contributed by atoms with van der Waals surface area (Å²) in [7, 11) is 1.25. The lowest BCUT2D eigenvalue weighted by molar-refractivity contribution is -0.177. The van der Waals surface area contributed by atoms with Crippen LogP contribution in [0, 0.1) is 0 Å². The molecule has 110 valence electrons. The number of aromatic nitrogens is 1. The van der Waals surface area contributed by atoms with Crippen molar-refractivity contribution in [1.29, 1.82) is 0 Å². The molecule has 1 fully saturated rings. The minimum Gasteiger partial charge on any atom is -0.465 e. The summed E-state index contributed by atoms with van der Waals surface area (Å²) in [6, 6.07) is 1.52. The molecule has 2 rings (SSSR count). The van der Waals surface area contributed by atoms with Crippen LogP contribution in [-0.2, 0) is 11.3 Å². The Morgan fingerprint density at radius 1 is 1.55 bits per heavy atom. The molecule has 20 heavy (non-hydrogen) atoms. The van der Waals surface area contributed by atoms with Crippen LogP contribution in [0.4, 0.5) is 13.2 Å². The molecule has 4 nitrogen and oxygen atoms in total. The first-order valence-electron chi connectivity index (χ1n) is 6.26. The zero-order chi connectivity index (χ0) is 14.8. The maximum absolute atomic E-state index is 12.8. The molecule has 1 atom stereocenters. The Labute approximate surface area is 114 Å². The lowest BCUT2D eigenvalue weighted by Crippen LogP contribution is -2.40. The van der Waals surface area contributed by atoms with Gasteiger partial charge in [0.1, 0.15) is 6.04 Å². The van der Waals surface area contributed by atoms with Crippen LogP contribution >= 0.6 is 0 Å². The molecule has 1 aliphatic rings. The van der Waals surface area contributed by atoms with Crippen LogP contribution in [0.15, 0.2) is 18.3 Å². The molecular formula is C13H15F3N2O2. The Morgan fingerprint density at radius 3 is 2.95 bits per heavy atom. The molecular weight excluding hydrogens is 273 g/mol. The standard InChI is InChI=1S/C13H15F3N2O2/c1-20-12(19)9-4-5-17-10(7-9)8-18-6-2-3-11(18)13(14,15)16/h4-5,7,11H,2-3,6,8H2,1H3. The quantitative estimate of drug-likeness (QED) is 0.801. The largest absolute Gasteiger partial charge is 0.465 e. The summed E-state index contributed by atoms with van der Waals surface area (Å²) in [5, 5.41) is 0. The number of nitrogens with zero attached hydrogens (tertiary/aromatic N) is 2. The van der Waals surface area contributed by atoms with Crippen molar-refractivity contribution in [2.24, 2.45) is 0 Å². The van der Waals surface area contributed by atoms with E-state index in [9.17, 15) is 18.0 Å². The Morgan fingerprint density at radius 2 is 2.30 bits per heavy atom. The van der Waals surface area contributed by atoms with E-state index in [4.69, 9.17) is 0 Å². The van der Waals surface area contributed by atoms with Gasteiger partial charge in [-0.05, 0) is 31.5 Å². The topological polar surface area (TPSA) is 42.4 Å². The number of esters is 1. The van der Waals surface area contributed by atoms with Crippen LogP contribution in [0.1, 0.15) is 28.9 Å². The second-order valence-corrected chi connectivity index (χ2v) is 4.70. The van der Waals surface area contributed by atoms with E-state index in [0.29, 0.717) is 24.2 Å². The highest BCUT2D eigenvalue weighted by Gasteiger charge is 2.45. The van der Waals surface area contributed by atoms with E-state index in [0.717, 1.165) is 0 Å². The molecule has 0 saturated carbocycles. The van der Waals surface area contributed by atoms with Crippen LogP contribution in [-0.4, -0.2) is 41.7 Å². The molecule has 1 aromatic rings. The molecule has 0 bridgehead atoms. The number of halogens is 3. The number of likely N-dealkylation sites (tertiary alicyclic amines) is 1. The van der Waals surface area contributed by atoms with Crippen LogP contribution in [0.2, 0.25) is 0 Å². The smallest absolute Gasteiger partial charge is 0.404 e. The maximum Gasteiger partial charge on any atom is 0.404 e. The zero-order valence-electron chi connectivity index (χ0n) is 11.0. The molecule has 7 heteroatoms. The van der Waals surface area contributed by atoms with Gasteiger partial charge < -0.3 is 4.74 Å². The van der Waals surface area contributed by atoms with Gasteiger partial charge in [0.05, 0.1) is 18.4 Å². The summed E-state index contributed by atoms with van der Waals surface area (Å²) >= 11 is 0. The van der Waals surface area contributed by atoms with Crippen LogP contribution in [0.25, 0.3) is 0 Å². The number of ether oxygens (including phenoxy) is 1. The van der Waals surface area contributed by atoms with Crippen molar-refractivity contribution in [2.45, 2.75) is 31.6 Å². The molecule has 0 aliphatic carbocycles. The number of pyridine rings is 1. The van der Waals surface area contributed by atoms with Crippen molar-refractivity contribution in [1.82, 2.24) is 9.88 Å². The van der Waals surface area contributed by atoms with Crippen molar-refractivity contribution in [3.05, 3.63) is 29.6 Å². The Balaban J connectivity index is 2.12. The van der Waals surface area contributed by atoms with Gasteiger partial charge in [0.15, 0.2) is 0 Å². The molecule has 1 aliphatic heterocycles. The number of rotatable bonds is 3. The highest BCUT2D eigenvalue weighted by atomic mass is 19.4. The van der Waals surface area contributed by atoms with Crippen molar-refractivity contribution in [3.63, 3.8) is 0 Å². The Kier molecular flexibility index (Phi) is 4.27. The Bertz CT molecular complexity index is 491. The van der Waals surface area contributed by atoms with Crippen molar-refractivity contribution in [2.75, 3.05) is 13.7 Å². The average molecular weight is 288 g/mol. The van der Waals surface area contributed by atoms with E-state index in [1.165, 1.54) is 30.3 Å². The number of carbonyl (C=O) groups is 1. The van der Waals surface area contributed by atoms with Gasteiger partial charge >= 0.3 is 12.1 Å². The van der Waals surface area contributed by atoms with Crippen molar-refractivity contribution in [3.8, 4) is 0 Å². The van der Waals surface area contributed by atoms with Gasteiger partial charge in [0, 0.05) is 12.7 Å². The zero-order valence-corrected chi connectivity index (χ0v) is 11.0. The van der Waals surface area contributed by atoms with Crippen LogP contribution < -0.4 is 0 Å².